The predicted molar refractivity (Wildman–Crippen MR) is 41.9 cm³/mol. The minimum atomic E-state index is -0.718. The van der Waals surface area contributed by atoms with Gasteiger partial charge in [-0.2, -0.15) is 0 Å². The minimum absolute atomic E-state index is 0. The fraction of sp³-hybridized carbons (Fsp3) is 0.143. The third kappa shape index (κ3) is 4.36. The Balaban J connectivity index is 0. The summed E-state index contributed by atoms with van der Waals surface area (Å²) >= 11 is 0. The molecule has 0 aromatic heterocycles. The van der Waals surface area contributed by atoms with E-state index in [1.165, 1.54) is 5.56 Å². The number of benzene rings is 1. The molecule has 4 heteroatoms. The van der Waals surface area contributed by atoms with Crippen molar-refractivity contribution >= 4 is 8.69 Å². The van der Waals surface area contributed by atoms with Crippen molar-refractivity contribution in [1.29, 1.82) is 0 Å². The van der Waals surface area contributed by atoms with Crippen LogP contribution < -0.4 is 55.9 Å². The van der Waals surface area contributed by atoms with Crippen molar-refractivity contribution in [1.82, 2.24) is 0 Å². The summed E-state index contributed by atoms with van der Waals surface area (Å²) in [6.45, 7) is 1.99. The standard InChI is InChI=1S/C7H8O2P.K.H/c1-6-2-4-7(5-3-6)9-10-8;;/h2-5,10H,1H3;;/q2*+1;-1. The molecule has 1 rings (SSSR count). The van der Waals surface area contributed by atoms with Crippen molar-refractivity contribution in [3.63, 3.8) is 0 Å². The van der Waals surface area contributed by atoms with E-state index >= 15 is 0 Å². The van der Waals surface area contributed by atoms with Gasteiger partial charge in [0.05, 0.1) is 0 Å². The summed E-state index contributed by atoms with van der Waals surface area (Å²) < 4.78 is 14.7. The van der Waals surface area contributed by atoms with Gasteiger partial charge >= 0.3 is 60.1 Å². The van der Waals surface area contributed by atoms with Gasteiger partial charge in [-0.1, -0.05) is 17.7 Å². The molecule has 0 heterocycles. The van der Waals surface area contributed by atoms with Gasteiger partial charge in [0.25, 0.3) is 0 Å². The summed E-state index contributed by atoms with van der Waals surface area (Å²) in [6, 6.07) is 7.41. The Bertz CT molecular complexity index is 227. The summed E-state index contributed by atoms with van der Waals surface area (Å²) in [4.78, 5) is 0. The molecule has 0 aliphatic heterocycles. The average molecular weight is 195 g/mol. The van der Waals surface area contributed by atoms with Gasteiger partial charge in [0, 0.05) is 0 Å². The van der Waals surface area contributed by atoms with E-state index in [9.17, 15) is 4.57 Å². The van der Waals surface area contributed by atoms with Gasteiger partial charge < -0.3 is 1.43 Å². The van der Waals surface area contributed by atoms with Crippen molar-refractivity contribution in [2.24, 2.45) is 0 Å². The third-order valence-electron chi connectivity index (χ3n) is 1.18. The minimum Gasteiger partial charge on any atom is -1.00 e. The molecule has 0 N–H and O–H groups in total. The average Bonchev–Trinajstić information content (AvgIpc) is 1.95. The molecule has 0 spiro atoms. The fourth-order valence-corrected chi connectivity index (χ4v) is 0.887. The van der Waals surface area contributed by atoms with Gasteiger partial charge in [-0.15, -0.1) is 0 Å². The van der Waals surface area contributed by atoms with E-state index in [1.807, 2.05) is 19.1 Å². The maximum Gasteiger partial charge on any atom is 1.00 e. The summed E-state index contributed by atoms with van der Waals surface area (Å²) in [5, 5.41) is 0. The molecule has 54 valence electrons. The topological polar surface area (TPSA) is 26.3 Å². The molecule has 0 bridgehead atoms. The first kappa shape index (κ1) is 11.8. The summed E-state index contributed by atoms with van der Waals surface area (Å²) in [7, 11) is -0.718. The molecule has 1 unspecified atom stereocenters. The molecular weight excluding hydrogens is 186 g/mol. The van der Waals surface area contributed by atoms with Crippen LogP contribution in [0.25, 0.3) is 0 Å². The second kappa shape index (κ2) is 6.29. The Kier molecular flexibility index (Phi) is 6.72. The maximum absolute atomic E-state index is 9.99. The Morgan fingerprint density at radius 1 is 1.36 bits per heavy atom. The zero-order chi connectivity index (χ0) is 7.40. The molecule has 0 amide bonds. The van der Waals surface area contributed by atoms with Crippen LogP contribution in [0.4, 0.5) is 0 Å². The van der Waals surface area contributed by atoms with E-state index < -0.39 is 8.69 Å². The van der Waals surface area contributed by atoms with Crippen LogP contribution in [0.15, 0.2) is 24.3 Å². The van der Waals surface area contributed by atoms with E-state index in [2.05, 4.69) is 0 Å². The van der Waals surface area contributed by atoms with Crippen LogP contribution in [0.5, 0.6) is 5.75 Å². The van der Waals surface area contributed by atoms with Crippen molar-refractivity contribution in [3.05, 3.63) is 29.8 Å². The van der Waals surface area contributed by atoms with Crippen LogP contribution in [0, 0.1) is 6.92 Å². The molecular formula is C7H9KO2P+. The van der Waals surface area contributed by atoms with Gasteiger partial charge in [0.2, 0.25) is 0 Å². The van der Waals surface area contributed by atoms with E-state index in [-0.39, 0.29) is 52.8 Å². The number of hydrogen-bond donors (Lipinski definition) is 0. The SMILES string of the molecule is Cc1ccc(O[PH+]=O)cc1.[H-].[K+]. The maximum atomic E-state index is 9.99. The predicted octanol–water partition coefficient (Wildman–Crippen LogP) is -0.571. The first-order valence-corrected chi connectivity index (χ1v) is 3.75. The first-order valence-electron chi connectivity index (χ1n) is 2.93. The van der Waals surface area contributed by atoms with Gasteiger partial charge in [-0.25, -0.2) is 0 Å². The van der Waals surface area contributed by atoms with E-state index in [4.69, 9.17) is 4.52 Å². The van der Waals surface area contributed by atoms with E-state index in [0.717, 1.165) is 0 Å². The molecule has 0 aliphatic rings. The molecule has 1 aromatic rings. The molecule has 1 aromatic carbocycles. The zero-order valence-corrected chi connectivity index (χ0v) is 10.7. The summed E-state index contributed by atoms with van der Waals surface area (Å²) in [6.07, 6.45) is 0. The quantitative estimate of drug-likeness (QED) is 0.466. The van der Waals surface area contributed by atoms with Crippen LogP contribution in [-0.2, 0) is 4.57 Å². The molecule has 0 fully saturated rings. The molecule has 11 heavy (non-hydrogen) atoms. The fourth-order valence-electron chi connectivity index (χ4n) is 0.654. The second-order valence-electron chi connectivity index (χ2n) is 2.00. The van der Waals surface area contributed by atoms with Crippen molar-refractivity contribution in [2.45, 2.75) is 6.92 Å². The van der Waals surface area contributed by atoms with Crippen molar-refractivity contribution in [3.8, 4) is 5.75 Å². The molecule has 0 saturated heterocycles. The monoisotopic (exact) mass is 195 g/mol. The molecule has 1 atom stereocenters. The summed E-state index contributed by atoms with van der Waals surface area (Å²) in [5.41, 5.74) is 1.17. The third-order valence-corrected chi connectivity index (χ3v) is 1.50. The Labute approximate surface area is 112 Å². The zero-order valence-electron chi connectivity index (χ0n) is 7.63. The number of rotatable bonds is 2. The van der Waals surface area contributed by atoms with Crippen LogP contribution in [-0.4, -0.2) is 0 Å². The van der Waals surface area contributed by atoms with Gasteiger partial charge in [-0.3, -0.25) is 4.52 Å². The number of aryl methyl sites for hydroxylation is 1. The molecule has 2 nitrogen and oxygen atoms in total. The van der Waals surface area contributed by atoms with Crippen LogP contribution >= 0.6 is 8.69 Å². The van der Waals surface area contributed by atoms with Gasteiger partial charge in [0.1, 0.15) is 0 Å². The van der Waals surface area contributed by atoms with Crippen LogP contribution in [0.3, 0.4) is 0 Å². The Morgan fingerprint density at radius 2 is 1.91 bits per heavy atom. The van der Waals surface area contributed by atoms with E-state index in [1.54, 1.807) is 12.1 Å². The van der Waals surface area contributed by atoms with Crippen LogP contribution in [0.1, 0.15) is 6.99 Å². The first-order chi connectivity index (χ1) is 4.83. The smallest absolute Gasteiger partial charge is 1.00 e. The van der Waals surface area contributed by atoms with Crippen molar-refractivity contribution < 1.29 is 61.9 Å². The second-order valence-corrected chi connectivity index (χ2v) is 2.37. The van der Waals surface area contributed by atoms with Crippen LogP contribution in [0.2, 0.25) is 0 Å². The van der Waals surface area contributed by atoms with Crippen molar-refractivity contribution in [2.75, 3.05) is 0 Å². The van der Waals surface area contributed by atoms with E-state index in [0.29, 0.717) is 5.75 Å². The van der Waals surface area contributed by atoms with Gasteiger partial charge in [-0.05, 0) is 23.6 Å². The Hall–Kier alpha value is 0.756. The largest absolute Gasteiger partial charge is 1.00 e. The van der Waals surface area contributed by atoms with Gasteiger partial charge in [0.15, 0.2) is 5.75 Å². The Morgan fingerprint density at radius 3 is 2.36 bits per heavy atom. The number of hydrogen-bond acceptors (Lipinski definition) is 2. The molecule has 0 aliphatic carbocycles. The summed E-state index contributed by atoms with van der Waals surface area (Å²) in [5.74, 6) is 0.652. The molecule has 0 saturated carbocycles. The molecule has 0 radical (unpaired) electrons. The normalized spacial score (nSPS) is 8.82.